The predicted octanol–water partition coefficient (Wildman–Crippen LogP) is 4.94. The third kappa shape index (κ3) is 4.92. The van der Waals surface area contributed by atoms with Crippen molar-refractivity contribution in [2.75, 3.05) is 20.2 Å². The molecule has 0 aromatic heterocycles. The molecule has 1 saturated heterocycles. The van der Waals surface area contributed by atoms with E-state index in [2.05, 4.69) is 33.0 Å². The Morgan fingerprint density at radius 3 is 2.88 bits per heavy atom. The van der Waals surface area contributed by atoms with Crippen LogP contribution in [0, 0.1) is 0 Å². The maximum atomic E-state index is 6.51. The van der Waals surface area contributed by atoms with E-state index >= 15 is 0 Å². The number of nitrogens with zero attached hydrogens (tertiary/aromatic N) is 1. The van der Waals surface area contributed by atoms with Crippen LogP contribution in [0.15, 0.2) is 45.8 Å². The molecule has 2 aromatic carbocycles. The lowest BCUT2D eigenvalue weighted by atomic mass is 10.2. The van der Waals surface area contributed by atoms with Gasteiger partial charge in [0.05, 0.1) is 12.1 Å². The van der Waals surface area contributed by atoms with Crippen molar-refractivity contribution < 1.29 is 4.74 Å². The summed E-state index contributed by atoms with van der Waals surface area (Å²) in [5.74, 6) is 1.70. The quantitative estimate of drug-likeness (QED) is 0.645. The molecular weight excluding hydrogens is 420 g/mol. The van der Waals surface area contributed by atoms with Crippen molar-refractivity contribution >= 4 is 39.3 Å². The van der Waals surface area contributed by atoms with Gasteiger partial charge in [0, 0.05) is 46.4 Å². The molecule has 1 atom stereocenters. The molecule has 2 aromatic rings. The van der Waals surface area contributed by atoms with Crippen LogP contribution in [0.4, 0.5) is 0 Å². The van der Waals surface area contributed by atoms with Gasteiger partial charge in [-0.1, -0.05) is 39.7 Å². The molecule has 1 fully saturated rings. The minimum atomic E-state index is 0.293. The minimum Gasteiger partial charge on any atom is -0.496 e. The van der Waals surface area contributed by atoms with E-state index in [1.54, 1.807) is 18.9 Å². The minimum absolute atomic E-state index is 0.293. The molecule has 2 N–H and O–H groups in total. The number of likely N-dealkylation sites (tertiary alicyclic amines) is 1. The van der Waals surface area contributed by atoms with Gasteiger partial charge < -0.3 is 10.5 Å². The van der Waals surface area contributed by atoms with Crippen LogP contribution in [-0.2, 0) is 12.3 Å². The number of benzene rings is 2. The first-order chi connectivity index (χ1) is 12.1. The number of halogens is 2. The molecule has 1 aliphatic rings. The molecule has 3 rings (SSSR count). The monoisotopic (exact) mass is 440 g/mol. The van der Waals surface area contributed by atoms with Crippen LogP contribution >= 0.6 is 39.3 Å². The predicted molar refractivity (Wildman–Crippen MR) is 110 cm³/mol. The highest BCUT2D eigenvalue weighted by Crippen LogP contribution is 2.36. The standard InChI is InChI=1S/C19H22BrClN2OS/c1-24-18-6-5-15(20)9-14(18)12-25-19-13(3-2-4-17(19)21)10-23-8-7-16(22)11-23/h2-6,9,16H,7-8,10-12,22H2,1H3. The Hall–Kier alpha value is -0.720. The Morgan fingerprint density at radius 2 is 2.16 bits per heavy atom. The van der Waals surface area contributed by atoms with Gasteiger partial charge in [-0.05, 0) is 36.2 Å². The maximum Gasteiger partial charge on any atom is 0.122 e. The maximum absolute atomic E-state index is 6.51. The van der Waals surface area contributed by atoms with Gasteiger partial charge in [0.1, 0.15) is 5.75 Å². The Labute approximate surface area is 167 Å². The topological polar surface area (TPSA) is 38.5 Å². The molecule has 25 heavy (non-hydrogen) atoms. The molecule has 0 saturated carbocycles. The van der Waals surface area contributed by atoms with E-state index in [1.807, 2.05) is 24.3 Å². The molecule has 6 heteroatoms. The average Bonchev–Trinajstić information content (AvgIpc) is 2.99. The second-order valence-electron chi connectivity index (χ2n) is 6.26. The van der Waals surface area contributed by atoms with E-state index in [-0.39, 0.29) is 0 Å². The highest BCUT2D eigenvalue weighted by molar-refractivity contribution is 9.10. The summed E-state index contributed by atoms with van der Waals surface area (Å²) in [4.78, 5) is 3.55. The molecule has 0 amide bonds. The van der Waals surface area contributed by atoms with Crippen LogP contribution < -0.4 is 10.5 Å². The van der Waals surface area contributed by atoms with Crippen molar-refractivity contribution in [2.24, 2.45) is 5.73 Å². The van der Waals surface area contributed by atoms with Gasteiger partial charge in [0.2, 0.25) is 0 Å². The highest BCUT2D eigenvalue weighted by atomic mass is 79.9. The van der Waals surface area contributed by atoms with Crippen molar-refractivity contribution in [1.82, 2.24) is 4.90 Å². The lowest BCUT2D eigenvalue weighted by Crippen LogP contribution is -2.26. The first-order valence-electron chi connectivity index (χ1n) is 8.27. The Morgan fingerprint density at radius 1 is 1.32 bits per heavy atom. The van der Waals surface area contributed by atoms with Crippen molar-refractivity contribution in [3.8, 4) is 5.75 Å². The van der Waals surface area contributed by atoms with Crippen LogP contribution in [0.25, 0.3) is 0 Å². The number of hydrogen-bond donors (Lipinski definition) is 1. The zero-order valence-electron chi connectivity index (χ0n) is 14.2. The van der Waals surface area contributed by atoms with E-state index in [0.717, 1.165) is 57.5 Å². The van der Waals surface area contributed by atoms with Crippen molar-refractivity contribution in [1.29, 1.82) is 0 Å². The van der Waals surface area contributed by atoms with Crippen molar-refractivity contribution in [3.05, 3.63) is 57.0 Å². The van der Waals surface area contributed by atoms with Crippen molar-refractivity contribution in [2.45, 2.75) is 29.7 Å². The number of ether oxygens (including phenoxy) is 1. The number of nitrogens with two attached hydrogens (primary N) is 1. The molecule has 134 valence electrons. The third-order valence-corrected chi connectivity index (χ3v) is 6.51. The Balaban J connectivity index is 1.77. The molecule has 0 spiro atoms. The Kier molecular flexibility index (Phi) is 6.69. The molecule has 0 aliphatic carbocycles. The molecule has 0 radical (unpaired) electrons. The van der Waals surface area contributed by atoms with Crippen LogP contribution in [0.3, 0.4) is 0 Å². The van der Waals surface area contributed by atoms with E-state index in [0.29, 0.717) is 6.04 Å². The first-order valence-corrected chi connectivity index (χ1v) is 10.4. The second kappa shape index (κ2) is 8.78. The summed E-state index contributed by atoms with van der Waals surface area (Å²) >= 11 is 11.8. The fraction of sp³-hybridized carbons (Fsp3) is 0.368. The number of rotatable bonds is 6. The summed E-state index contributed by atoms with van der Waals surface area (Å²) in [6.45, 7) is 2.90. The van der Waals surface area contributed by atoms with Crippen LogP contribution in [0.2, 0.25) is 5.02 Å². The summed E-state index contributed by atoms with van der Waals surface area (Å²) in [6, 6.07) is 12.5. The summed E-state index contributed by atoms with van der Waals surface area (Å²) in [5.41, 5.74) is 8.45. The SMILES string of the molecule is COc1ccc(Br)cc1CSc1c(Cl)cccc1CN1CCC(N)C1. The van der Waals surface area contributed by atoms with Gasteiger partial charge in [-0.2, -0.15) is 0 Å². The number of hydrogen-bond acceptors (Lipinski definition) is 4. The fourth-order valence-electron chi connectivity index (χ4n) is 3.10. The summed E-state index contributed by atoms with van der Waals surface area (Å²) in [6.07, 6.45) is 1.07. The zero-order chi connectivity index (χ0) is 17.8. The summed E-state index contributed by atoms with van der Waals surface area (Å²) < 4.78 is 6.53. The van der Waals surface area contributed by atoms with Gasteiger partial charge in [-0.3, -0.25) is 4.90 Å². The highest BCUT2D eigenvalue weighted by Gasteiger charge is 2.20. The van der Waals surface area contributed by atoms with E-state index in [9.17, 15) is 0 Å². The largest absolute Gasteiger partial charge is 0.496 e. The number of methoxy groups -OCH3 is 1. The van der Waals surface area contributed by atoms with Gasteiger partial charge >= 0.3 is 0 Å². The lowest BCUT2D eigenvalue weighted by Gasteiger charge is -2.19. The number of thioether (sulfide) groups is 1. The van der Waals surface area contributed by atoms with Gasteiger partial charge in [-0.25, -0.2) is 0 Å². The third-order valence-electron chi connectivity index (χ3n) is 4.37. The van der Waals surface area contributed by atoms with E-state index in [4.69, 9.17) is 22.1 Å². The smallest absolute Gasteiger partial charge is 0.122 e. The molecule has 1 aliphatic heterocycles. The molecular formula is C19H22BrClN2OS. The van der Waals surface area contributed by atoms with Gasteiger partial charge in [0.15, 0.2) is 0 Å². The molecule has 0 bridgehead atoms. The van der Waals surface area contributed by atoms with E-state index < -0.39 is 0 Å². The van der Waals surface area contributed by atoms with Crippen LogP contribution in [0.1, 0.15) is 17.5 Å². The average molecular weight is 442 g/mol. The Bertz CT molecular complexity index is 743. The normalized spacial score (nSPS) is 17.8. The fourth-order valence-corrected chi connectivity index (χ4v) is 4.91. The summed E-state index contributed by atoms with van der Waals surface area (Å²) in [7, 11) is 1.70. The molecule has 3 nitrogen and oxygen atoms in total. The lowest BCUT2D eigenvalue weighted by molar-refractivity contribution is 0.324. The van der Waals surface area contributed by atoms with Crippen molar-refractivity contribution in [3.63, 3.8) is 0 Å². The van der Waals surface area contributed by atoms with Crippen LogP contribution in [-0.4, -0.2) is 31.1 Å². The van der Waals surface area contributed by atoms with Crippen LogP contribution in [0.5, 0.6) is 5.75 Å². The second-order valence-corrected chi connectivity index (χ2v) is 8.57. The van der Waals surface area contributed by atoms with Gasteiger partial charge in [-0.15, -0.1) is 11.8 Å². The van der Waals surface area contributed by atoms with E-state index in [1.165, 1.54) is 5.56 Å². The molecule has 1 unspecified atom stereocenters. The summed E-state index contributed by atoms with van der Waals surface area (Å²) in [5, 5.41) is 0.806. The molecule has 1 heterocycles. The van der Waals surface area contributed by atoms with Gasteiger partial charge in [0.25, 0.3) is 0 Å². The first kappa shape index (κ1) is 19.1. The zero-order valence-corrected chi connectivity index (χ0v) is 17.3.